The van der Waals surface area contributed by atoms with E-state index in [9.17, 15) is 4.79 Å². The summed E-state index contributed by atoms with van der Waals surface area (Å²) in [6, 6.07) is 1.86. The molecule has 1 aromatic heterocycles. The van der Waals surface area contributed by atoms with E-state index in [0.717, 1.165) is 13.0 Å². The molecule has 5 heteroatoms. The quantitative estimate of drug-likeness (QED) is 0.801. The van der Waals surface area contributed by atoms with Gasteiger partial charge in [-0.05, 0) is 31.2 Å². The zero-order chi connectivity index (χ0) is 14.7. The van der Waals surface area contributed by atoms with E-state index in [1.54, 1.807) is 18.5 Å². The average molecular weight is 285 g/mol. The molecule has 0 bridgehead atoms. The van der Waals surface area contributed by atoms with Gasteiger partial charge in [0.2, 0.25) is 0 Å². The lowest BCUT2D eigenvalue weighted by Crippen LogP contribution is -2.41. The van der Waals surface area contributed by atoms with Gasteiger partial charge in [-0.25, -0.2) is 0 Å². The van der Waals surface area contributed by atoms with Gasteiger partial charge in [0.15, 0.2) is 0 Å². The number of hydrogen-bond donors (Lipinski definition) is 2. The van der Waals surface area contributed by atoms with Crippen molar-refractivity contribution in [3.8, 4) is 11.8 Å². The van der Waals surface area contributed by atoms with Gasteiger partial charge in [-0.15, -0.1) is 0 Å². The van der Waals surface area contributed by atoms with Gasteiger partial charge < -0.3 is 15.8 Å². The molecule has 2 atom stereocenters. The predicted octanol–water partition coefficient (Wildman–Crippen LogP) is 0.689. The summed E-state index contributed by atoms with van der Waals surface area (Å²) < 4.78 is 5.74. The number of nitrogens with zero attached hydrogens (tertiary/aromatic N) is 1. The first-order valence-electron chi connectivity index (χ1n) is 7.34. The van der Waals surface area contributed by atoms with Crippen LogP contribution in [0.4, 0.5) is 0 Å². The van der Waals surface area contributed by atoms with E-state index in [2.05, 4.69) is 22.1 Å². The highest BCUT2D eigenvalue weighted by Gasteiger charge is 2.41. The SMILES string of the molecule is NCC#Cc1cncc(C(=O)NC2CCOC2C2CC2)c1. The van der Waals surface area contributed by atoms with Crippen molar-refractivity contribution in [2.75, 3.05) is 13.2 Å². The van der Waals surface area contributed by atoms with Crippen LogP contribution in [0, 0.1) is 17.8 Å². The van der Waals surface area contributed by atoms with Crippen molar-refractivity contribution in [3.05, 3.63) is 29.6 Å². The van der Waals surface area contributed by atoms with E-state index in [4.69, 9.17) is 10.5 Å². The standard InChI is InChI=1S/C16H19N3O2/c17-6-1-2-11-8-13(10-18-9-11)16(20)19-14-5-7-21-15(14)12-3-4-12/h8-10,12,14-15H,3-7,17H2,(H,19,20). The molecule has 0 spiro atoms. The van der Waals surface area contributed by atoms with Gasteiger partial charge in [-0.1, -0.05) is 11.8 Å². The molecular formula is C16H19N3O2. The van der Waals surface area contributed by atoms with Crippen LogP contribution in [-0.4, -0.2) is 36.2 Å². The number of rotatable bonds is 3. The van der Waals surface area contributed by atoms with Gasteiger partial charge in [-0.2, -0.15) is 0 Å². The Morgan fingerprint density at radius 1 is 1.43 bits per heavy atom. The number of carbonyl (C=O) groups excluding carboxylic acids is 1. The van der Waals surface area contributed by atoms with Crippen LogP contribution in [0.3, 0.4) is 0 Å². The maximum absolute atomic E-state index is 12.3. The molecule has 1 saturated carbocycles. The van der Waals surface area contributed by atoms with Crippen LogP contribution < -0.4 is 11.1 Å². The summed E-state index contributed by atoms with van der Waals surface area (Å²) in [4.78, 5) is 16.4. The molecule has 3 N–H and O–H groups in total. The molecule has 1 aliphatic heterocycles. The third-order valence-corrected chi connectivity index (χ3v) is 3.87. The van der Waals surface area contributed by atoms with Crippen LogP contribution >= 0.6 is 0 Å². The lowest BCUT2D eigenvalue weighted by atomic mass is 10.1. The summed E-state index contributed by atoms with van der Waals surface area (Å²) >= 11 is 0. The van der Waals surface area contributed by atoms with Crippen molar-refractivity contribution in [2.45, 2.75) is 31.4 Å². The van der Waals surface area contributed by atoms with E-state index in [1.807, 2.05) is 0 Å². The number of hydrogen-bond acceptors (Lipinski definition) is 4. The van der Waals surface area contributed by atoms with Crippen molar-refractivity contribution in [1.29, 1.82) is 0 Å². The zero-order valence-electron chi connectivity index (χ0n) is 11.8. The van der Waals surface area contributed by atoms with Gasteiger partial charge in [0, 0.05) is 24.6 Å². The minimum absolute atomic E-state index is 0.111. The minimum atomic E-state index is -0.111. The highest BCUT2D eigenvalue weighted by atomic mass is 16.5. The summed E-state index contributed by atoms with van der Waals surface area (Å²) in [7, 11) is 0. The normalized spacial score (nSPS) is 24.2. The second-order valence-corrected chi connectivity index (χ2v) is 5.51. The summed E-state index contributed by atoms with van der Waals surface area (Å²) in [5.41, 5.74) is 6.58. The Morgan fingerprint density at radius 2 is 2.29 bits per heavy atom. The molecule has 2 fully saturated rings. The highest BCUT2D eigenvalue weighted by Crippen LogP contribution is 2.38. The van der Waals surface area contributed by atoms with Crippen LogP contribution in [0.1, 0.15) is 35.2 Å². The van der Waals surface area contributed by atoms with Crippen molar-refractivity contribution in [1.82, 2.24) is 10.3 Å². The summed E-state index contributed by atoms with van der Waals surface area (Å²) in [5.74, 6) is 6.16. The smallest absolute Gasteiger partial charge is 0.253 e. The molecule has 1 amide bonds. The lowest BCUT2D eigenvalue weighted by molar-refractivity contribution is 0.0729. The van der Waals surface area contributed by atoms with E-state index in [0.29, 0.717) is 23.6 Å². The Morgan fingerprint density at radius 3 is 3.05 bits per heavy atom. The minimum Gasteiger partial charge on any atom is -0.376 e. The van der Waals surface area contributed by atoms with Gasteiger partial charge in [0.1, 0.15) is 0 Å². The Bertz CT molecular complexity index is 587. The Balaban J connectivity index is 1.67. The van der Waals surface area contributed by atoms with Crippen LogP contribution in [0.5, 0.6) is 0 Å². The molecule has 1 saturated heterocycles. The molecular weight excluding hydrogens is 266 g/mol. The number of amides is 1. The number of aromatic nitrogens is 1. The number of nitrogens with two attached hydrogens (primary N) is 1. The molecule has 2 unspecified atom stereocenters. The summed E-state index contributed by atoms with van der Waals surface area (Å²) in [6.45, 7) is 1.02. The number of nitrogens with one attached hydrogen (secondary N) is 1. The third-order valence-electron chi connectivity index (χ3n) is 3.87. The topological polar surface area (TPSA) is 77.2 Å². The Kier molecular flexibility index (Phi) is 4.18. The first-order valence-corrected chi connectivity index (χ1v) is 7.34. The van der Waals surface area contributed by atoms with Crippen molar-refractivity contribution in [2.24, 2.45) is 11.7 Å². The molecule has 1 aromatic rings. The fraction of sp³-hybridized carbons (Fsp3) is 0.500. The molecule has 1 aliphatic carbocycles. The molecule has 21 heavy (non-hydrogen) atoms. The van der Waals surface area contributed by atoms with Gasteiger partial charge in [0.25, 0.3) is 5.91 Å². The fourth-order valence-electron chi connectivity index (χ4n) is 2.69. The average Bonchev–Trinajstić information content (AvgIpc) is 3.25. The van der Waals surface area contributed by atoms with Crippen molar-refractivity contribution >= 4 is 5.91 Å². The first kappa shape index (κ1) is 14.1. The zero-order valence-corrected chi connectivity index (χ0v) is 11.8. The van der Waals surface area contributed by atoms with E-state index in [1.165, 1.54) is 12.8 Å². The molecule has 0 aromatic carbocycles. The molecule has 5 nitrogen and oxygen atoms in total. The molecule has 2 heterocycles. The molecule has 0 radical (unpaired) electrons. The van der Waals surface area contributed by atoms with Crippen LogP contribution in [0.15, 0.2) is 18.5 Å². The van der Waals surface area contributed by atoms with Crippen molar-refractivity contribution < 1.29 is 9.53 Å². The maximum atomic E-state index is 12.3. The summed E-state index contributed by atoms with van der Waals surface area (Å²) in [5, 5.41) is 3.07. The first-order chi connectivity index (χ1) is 10.3. The molecule has 3 rings (SSSR count). The predicted molar refractivity (Wildman–Crippen MR) is 78.5 cm³/mol. The Labute approximate surface area is 124 Å². The number of carbonyl (C=O) groups is 1. The van der Waals surface area contributed by atoms with E-state index >= 15 is 0 Å². The third kappa shape index (κ3) is 3.41. The highest BCUT2D eigenvalue weighted by molar-refractivity contribution is 5.94. The van der Waals surface area contributed by atoms with Gasteiger partial charge in [0.05, 0.1) is 24.3 Å². The second kappa shape index (κ2) is 6.25. The van der Waals surface area contributed by atoms with Crippen molar-refractivity contribution in [3.63, 3.8) is 0 Å². The van der Waals surface area contributed by atoms with Gasteiger partial charge in [-0.3, -0.25) is 9.78 Å². The van der Waals surface area contributed by atoms with E-state index in [-0.39, 0.29) is 18.1 Å². The second-order valence-electron chi connectivity index (χ2n) is 5.51. The summed E-state index contributed by atoms with van der Waals surface area (Å²) in [6.07, 6.45) is 6.68. The van der Waals surface area contributed by atoms with E-state index < -0.39 is 0 Å². The largest absolute Gasteiger partial charge is 0.376 e. The lowest BCUT2D eigenvalue weighted by Gasteiger charge is -2.19. The van der Waals surface area contributed by atoms with Crippen LogP contribution in [0.25, 0.3) is 0 Å². The Hall–Kier alpha value is -1.90. The number of ether oxygens (including phenoxy) is 1. The fourth-order valence-corrected chi connectivity index (χ4v) is 2.69. The molecule has 110 valence electrons. The van der Waals surface area contributed by atoms with Crippen LogP contribution in [0.2, 0.25) is 0 Å². The van der Waals surface area contributed by atoms with Crippen LogP contribution in [-0.2, 0) is 4.74 Å². The van der Waals surface area contributed by atoms with Gasteiger partial charge >= 0.3 is 0 Å². The maximum Gasteiger partial charge on any atom is 0.253 e. The number of pyridine rings is 1. The molecule has 2 aliphatic rings. The monoisotopic (exact) mass is 285 g/mol.